The third-order valence-electron chi connectivity index (χ3n) is 7.83. The van der Waals surface area contributed by atoms with Gasteiger partial charge < -0.3 is 9.84 Å². The van der Waals surface area contributed by atoms with Gasteiger partial charge in [0.05, 0.1) is 25.4 Å². The molecule has 1 saturated carbocycles. The standard InChI is InChI=1S/C26H22Cl2N4O6/c1-29-21(34)25(27)13-17-16(20(26(25,28)22(29)35)14-8-9-19(38-2)18(33)12-14)10-11-30-23(36)31(24(37)32(17)30)15-6-4-3-5-7-15/h3-10,12,17,20,33H,11,13H2,1-2H3/t17-,20+,25-,26+/m1/s1. The first-order valence-corrected chi connectivity index (χ1v) is 12.6. The molecule has 1 aromatic heterocycles. The third kappa shape index (κ3) is 2.90. The van der Waals surface area contributed by atoms with Crippen LogP contribution in [-0.2, 0) is 16.1 Å². The number of aromatic hydroxyl groups is 1. The van der Waals surface area contributed by atoms with Gasteiger partial charge in [0.2, 0.25) is 0 Å². The molecule has 6 rings (SSSR count). The van der Waals surface area contributed by atoms with Crippen LogP contribution in [0.25, 0.3) is 5.69 Å². The van der Waals surface area contributed by atoms with E-state index in [1.54, 1.807) is 42.5 Å². The molecule has 2 aliphatic heterocycles. The minimum atomic E-state index is -1.95. The molecule has 0 unspecified atom stereocenters. The molecule has 10 nitrogen and oxygen atoms in total. The summed E-state index contributed by atoms with van der Waals surface area (Å²) in [7, 11) is 2.71. The number of alkyl halides is 2. The Labute approximate surface area is 225 Å². The third-order valence-corrected chi connectivity index (χ3v) is 9.25. The summed E-state index contributed by atoms with van der Waals surface area (Å²) >= 11 is 14.2. The molecule has 0 spiro atoms. The van der Waals surface area contributed by atoms with Gasteiger partial charge >= 0.3 is 11.4 Å². The van der Waals surface area contributed by atoms with Crippen molar-refractivity contribution in [2.45, 2.75) is 34.7 Å². The number of hydrogen-bond donors (Lipinski definition) is 1. The number of phenols is 1. The van der Waals surface area contributed by atoms with Crippen LogP contribution in [0.2, 0.25) is 0 Å². The molecule has 38 heavy (non-hydrogen) atoms. The number of aromatic nitrogens is 3. The Balaban J connectivity index is 1.61. The number of phenolic OH excluding ortho intramolecular Hbond substituents is 1. The fourth-order valence-corrected chi connectivity index (χ4v) is 7.06. The molecule has 0 bridgehead atoms. The Morgan fingerprint density at radius 2 is 1.71 bits per heavy atom. The van der Waals surface area contributed by atoms with E-state index in [-0.39, 0.29) is 24.5 Å². The Bertz CT molecular complexity index is 1670. The average Bonchev–Trinajstić information content (AvgIpc) is 3.24. The maximum Gasteiger partial charge on any atom is 0.352 e. The second kappa shape index (κ2) is 8.12. The zero-order valence-corrected chi connectivity index (χ0v) is 21.8. The van der Waals surface area contributed by atoms with Crippen LogP contribution >= 0.6 is 23.2 Å². The predicted molar refractivity (Wildman–Crippen MR) is 138 cm³/mol. The predicted octanol–water partition coefficient (Wildman–Crippen LogP) is 2.14. The summed E-state index contributed by atoms with van der Waals surface area (Å²) in [5.41, 5.74) is 0.185. The maximum atomic E-state index is 13.7. The Hall–Kier alpha value is -3.76. The van der Waals surface area contributed by atoms with Gasteiger partial charge in [-0.1, -0.05) is 30.3 Å². The van der Waals surface area contributed by atoms with Crippen molar-refractivity contribution >= 4 is 35.0 Å². The van der Waals surface area contributed by atoms with Crippen molar-refractivity contribution < 1.29 is 19.4 Å². The summed E-state index contributed by atoms with van der Waals surface area (Å²) in [6.45, 7) is 0.0264. The summed E-state index contributed by atoms with van der Waals surface area (Å²) in [5.74, 6) is -2.38. The van der Waals surface area contributed by atoms with Crippen molar-refractivity contribution in [1.82, 2.24) is 18.8 Å². The molecular weight excluding hydrogens is 535 g/mol. The van der Waals surface area contributed by atoms with Gasteiger partial charge in [-0.25, -0.2) is 23.5 Å². The first-order valence-electron chi connectivity index (χ1n) is 11.8. The van der Waals surface area contributed by atoms with Gasteiger partial charge in [-0.15, -0.1) is 23.2 Å². The fraction of sp³-hybridized carbons (Fsp3) is 0.308. The van der Waals surface area contributed by atoms with Crippen LogP contribution in [-0.4, -0.2) is 59.7 Å². The van der Waals surface area contributed by atoms with Gasteiger partial charge in [-0.05, 0) is 35.4 Å². The van der Waals surface area contributed by atoms with E-state index >= 15 is 0 Å². The molecule has 0 radical (unpaired) electrons. The van der Waals surface area contributed by atoms with Crippen LogP contribution in [0.4, 0.5) is 0 Å². The monoisotopic (exact) mass is 556 g/mol. The van der Waals surface area contributed by atoms with Gasteiger partial charge in [0.25, 0.3) is 11.8 Å². The SMILES string of the molecule is COc1ccc([C@H]2C3=CCn4c(=O)n(-c5ccccc5)c(=O)n4[C@@H]3C[C@@]3(Cl)C(=O)N(C)C(=O)[C@@]23Cl)cc1O. The lowest BCUT2D eigenvalue weighted by Crippen LogP contribution is -2.59. The number of benzene rings is 2. The quantitative estimate of drug-likeness (QED) is 0.300. The topological polar surface area (TPSA) is 116 Å². The zero-order chi connectivity index (χ0) is 27.1. The Morgan fingerprint density at radius 3 is 2.37 bits per heavy atom. The van der Waals surface area contributed by atoms with E-state index in [9.17, 15) is 24.3 Å². The number of carbonyl (C=O) groups excluding carboxylic acids is 2. The number of hydrogen-bond acceptors (Lipinski definition) is 6. The van der Waals surface area contributed by atoms with E-state index in [0.717, 1.165) is 9.47 Å². The second-order valence-corrected chi connectivity index (χ2v) is 10.9. The van der Waals surface area contributed by atoms with E-state index in [4.69, 9.17) is 27.9 Å². The molecule has 4 atom stereocenters. The van der Waals surface area contributed by atoms with Crippen LogP contribution < -0.4 is 16.1 Å². The molecule has 3 aromatic rings. The van der Waals surface area contributed by atoms with Crippen molar-refractivity contribution in [2.75, 3.05) is 14.2 Å². The largest absolute Gasteiger partial charge is 0.504 e. The molecule has 2 aromatic carbocycles. The van der Waals surface area contributed by atoms with Crippen LogP contribution in [0.5, 0.6) is 11.5 Å². The molecule has 196 valence electrons. The minimum absolute atomic E-state index is 0.0264. The first-order chi connectivity index (χ1) is 18.1. The molecule has 3 heterocycles. The Kier molecular flexibility index (Phi) is 5.25. The normalized spacial score (nSPS) is 28.0. The van der Waals surface area contributed by atoms with Crippen LogP contribution in [0.1, 0.15) is 23.9 Å². The number of ether oxygens (including phenoxy) is 1. The molecule has 1 aliphatic carbocycles. The van der Waals surface area contributed by atoms with Crippen LogP contribution in [0, 0.1) is 0 Å². The lowest BCUT2D eigenvalue weighted by atomic mass is 9.64. The van der Waals surface area contributed by atoms with E-state index in [1.807, 2.05) is 0 Å². The maximum absolute atomic E-state index is 13.7. The lowest BCUT2D eigenvalue weighted by Gasteiger charge is -2.49. The van der Waals surface area contributed by atoms with Gasteiger partial charge in [-0.3, -0.25) is 14.5 Å². The highest BCUT2D eigenvalue weighted by molar-refractivity contribution is 6.53. The molecule has 12 heteroatoms. The number of rotatable bonds is 3. The summed E-state index contributed by atoms with van der Waals surface area (Å²) in [6, 6.07) is 12.2. The van der Waals surface area contributed by atoms with Gasteiger partial charge in [0.1, 0.15) is 0 Å². The van der Waals surface area contributed by atoms with Crippen molar-refractivity contribution in [1.29, 1.82) is 0 Å². The number of carbonyl (C=O) groups is 2. The van der Waals surface area contributed by atoms with E-state index in [0.29, 0.717) is 16.8 Å². The highest BCUT2D eigenvalue weighted by Gasteiger charge is 2.74. The van der Waals surface area contributed by atoms with Crippen molar-refractivity contribution in [3.63, 3.8) is 0 Å². The molecule has 3 aliphatic rings. The highest BCUT2D eigenvalue weighted by Crippen LogP contribution is 2.63. The number of halogens is 2. The summed E-state index contributed by atoms with van der Waals surface area (Å²) < 4.78 is 8.80. The summed E-state index contributed by atoms with van der Waals surface area (Å²) in [5, 5.41) is 10.6. The Morgan fingerprint density at radius 1 is 1.00 bits per heavy atom. The minimum Gasteiger partial charge on any atom is -0.504 e. The molecular formula is C26H22Cl2N4O6. The number of para-hydroxylation sites is 1. The first kappa shape index (κ1) is 24.6. The van der Waals surface area contributed by atoms with Crippen LogP contribution in [0.3, 0.4) is 0 Å². The van der Waals surface area contributed by atoms with Crippen molar-refractivity contribution in [2.24, 2.45) is 0 Å². The van der Waals surface area contributed by atoms with Crippen molar-refractivity contribution in [3.05, 3.63) is 86.7 Å². The van der Waals surface area contributed by atoms with Gasteiger partial charge in [0, 0.05) is 19.4 Å². The van der Waals surface area contributed by atoms with Gasteiger partial charge in [0.15, 0.2) is 21.2 Å². The summed E-state index contributed by atoms with van der Waals surface area (Å²) in [4.78, 5) is 51.1. The average molecular weight is 557 g/mol. The second-order valence-electron chi connectivity index (χ2n) is 9.63. The fourth-order valence-electron chi connectivity index (χ4n) is 6.06. The van der Waals surface area contributed by atoms with E-state index < -0.39 is 44.9 Å². The number of allylic oxidation sites excluding steroid dienone is 2. The number of fused-ring (bicyclic) bond motifs is 4. The number of imide groups is 1. The molecule has 1 N–H and O–H groups in total. The van der Waals surface area contributed by atoms with Crippen molar-refractivity contribution in [3.8, 4) is 17.2 Å². The molecule has 2 fully saturated rings. The smallest absolute Gasteiger partial charge is 0.352 e. The number of nitrogens with zero attached hydrogens (tertiary/aromatic N) is 4. The van der Waals surface area contributed by atoms with E-state index in [2.05, 4.69) is 0 Å². The number of methoxy groups -OCH3 is 1. The van der Waals surface area contributed by atoms with Crippen LogP contribution in [0.15, 0.2) is 69.8 Å². The summed E-state index contributed by atoms with van der Waals surface area (Å²) in [6.07, 6.45) is 1.54. The zero-order valence-electron chi connectivity index (χ0n) is 20.3. The molecule has 1 saturated heterocycles. The van der Waals surface area contributed by atoms with E-state index in [1.165, 1.54) is 35.7 Å². The number of likely N-dealkylation sites (tertiary alicyclic amines) is 1. The lowest BCUT2D eigenvalue weighted by molar-refractivity contribution is -0.137. The number of amides is 2. The highest BCUT2D eigenvalue weighted by atomic mass is 35.5. The van der Waals surface area contributed by atoms with Gasteiger partial charge in [-0.2, -0.15) is 0 Å². The molecule has 2 amide bonds.